The minimum absolute atomic E-state index is 0.0865. The number of benzene rings is 1. The molecule has 180 valence electrons. The van der Waals surface area contributed by atoms with Gasteiger partial charge in [0.15, 0.2) is 5.69 Å². The number of rotatable bonds is 6. The molecule has 0 radical (unpaired) electrons. The fraction of sp³-hybridized carbons (Fsp3) is 0.600. The molecule has 2 N–H and O–H groups in total. The molecule has 1 amide bonds. The van der Waals surface area contributed by atoms with Crippen molar-refractivity contribution >= 4 is 16.8 Å². The first kappa shape index (κ1) is 21.7. The third kappa shape index (κ3) is 4.22. The van der Waals surface area contributed by atoms with E-state index < -0.39 is 0 Å². The van der Waals surface area contributed by atoms with Crippen molar-refractivity contribution in [2.75, 3.05) is 26.7 Å². The van der Waals surface area contributed by atoms with Crippen LogP contribution in [0.4, 0.5) is 0 Å². The smallest absolute Gasteiger partial charge is 0.272 e. The number of piperidine rings is 2. The fourth-order valence-electron chi connectivity index (χ4n) is 6.10. The van der Waals surface area contributed by atoms with Gasteiger partial charge in [-0.2, -0.15) is 5.10 Å². The number of fused-ring (bicyclic) bond motifs is 3. The number of hydrogen-bond donors (Lipinski definition) is 2. The molecule has 9 nitrogen and oxygen atoms in total. The summed E-state index contributed by atoms with van der Waals surface area (Å²) in [5, 5.41) is 20.2. The first-order valence-corrected chi connectivity index (χ1v) is 12.8. The maximum absolute atomic E-state index is 13.0. The second-order valence-electron chi connectivity index (χ2n) is 10.3. The van der Waals surface area contributed by atoms with E-state index >= 15 is 0 Å². The number of aromatic nitrogens is 5. The zero-order valence-corrected chi connectivity index (χ0v) is 19.9. The lowest BCUT2D eigenvalue weighted by Gasteiger charge is -2.36. The lowest BCUT2D eigenvalue weighted by molar-refractivity contribution is 0.0879. The highest BCUT2D eigenvalue weighted by atomic mass is 16.2. The van der Waals surface area contributed by atoms with E-state index in [2.05, 4.69) is 42.7 Å². The van der Waals surface area contributed by atoms with Crippen molar-refractivity contribution in [3.63, 3.8) is 0 Å². The van der Waals surface area contributed by atoms with Crippen molar-refractivity contribution in [1.29, 1.82) is 0 Å². The molecule has 3 aliphatic heterocycles. The standard InChI is InChI=1S/C25H34N8O/c1-31-19-6-7-20(31)15-18(14-19)26-25(34)24-21-8-5-17(13-22(21)27-29-24)23-16-33(30-28-23)12-11-32-9-3-2-4-10-32/h5,8,13,16,18-20H,2-4,6-7,9-12,14-15H2,1H3,(H,26,34)(H,27,29)/t18-,19+,20-. The molecule has 6 rings (SSSR count). The van der Waals surface area contributed by atoms with Crippen LogP contribution in [-0.4, -0.2) is 85.7 Å². The third-order valence-electron chi connectivity index (χ3n) is 8.14. The fourth-order valence-corrected chi connectivity index (χ4v) is 6.10. The van der Waals surface area contributed by atoms with Gasteiger partial charge in [-0.15, -0.1) is 5.10 Å². The predicted octanol–water partition coefficient (Wildman–Crippen LogP) is 2.66. The van der Waals surface area contributed by atoms with Crippen molar-refractivity contribution in [2.24, 2.45) is 0 Å². The van der Waals surface area contributed by atoms with E-state index in [1.165, 1.54) is 45.2 Å². The van der Waals surface area contributed by atoms with Gasteiger partial charge < -0.3 is 15.1 Å². The van der Waals surface area contributed by atoms with E-state index in [0.29, 0.717) is 17.8 Å². The highest BCUT2D eigenvalue weighted by Crippen LogP contribution is 2.34. The summed E-state index contributed by atoms with van der Waals surface area (Å²) in [4.78, 5) is 18.0. The topological polar surface area (TPSA) is 95.0 Å². The van der Waals surface area contributed by atoms with Gasteiger partial charge >= 0.3 is 0 Å². The van der Waals surface area contributed by atoms with Gasteiger partial charge in [-0.1, -0.05) is 17.7 Å². The lowest BCUT2D eigenvalue weighted by atomic mass is 9.98. The van der Waals surface area contributed by atoms with Gasteiger partial charge in [0.05, 0.1) is 18.3 Å². The van der Waals surface area contributed by atoms with Gasteiger partial charge in [-0.3, -0.25) is 14.6 Å². The van der Waals surface area contributed by atoms with Gasteiger partial charge in [-0.05, 0) is 70.8 Å². The number of carbonyl (C=O) groups excluding carboxylic acids is 1. The molecule has 9 heteroatoms. The summed E-state index contributed by atoms with van der Waals surface area (Å²) in [5.74, 6) is -0.0865. The average Bonchev–Trinajstić information content (AvgIpc) is 3.54. The van der Waals surface area contributed by atoms with Crippen LogP contribution in [0.3, 0.4) is 0 Å². The molecule has 3 aliphatic rings. The van der Waals surface area contributed by atoms with E-state index in [-0.39, 0.29) is 11.9 Å². The highest BCUT2D eigenvalue weighted by Gasteiger charge is 2.39. The van der Waals surface area contributed by atoms with Crippen LogP contribution in [0.2, 0.25) is 0 Å². The molecule has 34 heavy (non-hydrogen) atoms. The molecule has 0 spiro atoms. The van der Waals surface area contributed by atoms with E-state index in [9.17, 15) is 4.79 Å². The number of H-pyrrole nitrogens is 1. The van der Waals surface area contributed by atoms with Crippen LogP contribution in [-0.2, 0) is 6.54 Å². The molecule has 3 atom stereocenters. The second kappa shape index (κ2) is 9.11. The molecule has 0 unspecified atom stereocenters. The van der Waals surface area contributed by atoms with Crippen molar-refractivity contribution < 1.29 is 4.79 Å². The van der Waals surface area contributed by atoms with E-state index in [4.69, 9.17) is 0 Å². The van der Waals surface area contributed by atoms with Gasteiger partial charge in [0.2, 0.25) is 0 Å². The lowest BCUT2D eigenvalue weighted by Crippen LogP contribution is -2.48. The Balaban J connectivity index is 1.12. The SMILES string of the molecule is CN1[C@@H]2CC[C@H]1C[C@@H](NC(=O)c1n[nH]c3cc(-c4cn(CCN5CCCCC5)nn4)ccc13)C2. The molecule has 2 bridgehead atoms. The predicted molar refractivity (Wildman–Crippen MR) is 130 cm³/mol. The maximum atomic E-state index is 13.0. The maximum Gasteiger partial charge on any atom is 0.272 e. The summed E-state index contributed by atoms with van der Waals surface area (Å²) in [6.45, 7) is 4.24. The van der Waals surface area contributed by atoms with E-state index in [1.54, 1.807) is 0 Å². The number of amides is 1. The van der Waals surface area contributed by atoms with Gasteiger partial charge in [-0.25, -0.2) is 0 Å². The van der Waals surface area contributed by atoms with Crippen molar-refractivity contribution in [3.8, 4) is 11.3 Å². The molecule has 0 aliphatic carbocycles. The minimum Gasteiger partial charge on any atom is -0.348 e. The monoisotopic (exact) mass is 462 g/mol. The van der Waals surface area contributed by atoms with Crippen LogP contribution in [0.5, 0.6) is 0 Å². The molecule has 3 aromatic rings. The van der Waals surface area contributed by atoms with Crippen LogP contribution < -0.4 is 5.32 Å². The summed E-state index contributed by atoms with van der Waals surface area (Å²) >= 11 is 0. The Bertz CT molecular complexity index is 1150. The molecule has 1 aromatic carbocycles. The molecule has 3 fully saturated rings. The second-order valence-corrected chi connectivity index (χ2v) is 10.3. The van der Waals surface area contributed by atoms with Crippen LogP contribution >= 0.6 is 0 Å². The molecule has 5 heterocycles. The summed E-state index contributed by atoms with van der Waals surface area (Å²) < 4.78 is 1.93. The Morgan fingerprint density at radius 3 is 2.71 bits per heavy atom. The Hall–Kier alpha value is -2.78. The molecule has 2 aromatic heterocycles. The third-order valence-corrected chi connectivity index (χ3v) is 8.14. The summed E-state index contributed by atoms with van der Waals surface area (Å²) in [5.41, 5.74) is 3.12. The largest absolute Gasteiger partial charge is 0.348 e. The first-order valence-electron chi connectivity index (χ1n) is 12.8. The van der Waals surface area contributed by atoms with Crippen molar-refractivity contribution in [2.45, 2.75) is 69.6 Å². The Labute approximate surface area is 199 Å². The Morgan fingerprint density at radius 2 is 1.91 bits per heavy atom. The first-order chi connectivity index (χ1) is 16.6. The van der Waals surface area contributed by atoms with Crippen molar-refractivity contribution in [3.05, 3.63) is 30.1 Å². The molecule has 3 saturated heterocycles. The number of nitrogens with one attached hydrogen (secondary N) is 2. The van der Waals surface area contributed by atoms with Gasteiger partial charge in [0, 0.05) is 35.6 Å². The van der Waals surface area contributed by atoms with Crippen molar-refractivity contribution in [1.82, 2.24) is 40.3 Å². The van der Waals surface area contributed by atoms with Gasteiger partial charge in [0.25, 0.3) is 5.91 Å². The Kier molecular flexibility index (Phi) is 5.82. The molecular formula is C25H34N8O. The summed E-state index contributed by atoms with van der Waals surface area (Å²) in [6, 6.07) is 7.39. The summed E-state index contributed by atoms with van der Waals surface area (Å²) in [6.07, 6.45) is 10.5. The number of likely N-dealkylation sites (tertiary alicyclic amines) is 1. The number of hydrogen-bond acceptors (Lipinski definition) is 6. The molecule has 0 saturated carbocycles. The van der Waals surface area contributed by atoms with Crippen LogP contribution in [0.15, 0.2) is 24.4 Å². The quantitative estimate of drug-likeness (QED) is 0.585. The van der Waals surface area contributed by atoms with Crippen LogP contribution in [0.25, 0.3) is 22.2 Å². The zero-order valence-electron chi connectivity index (χ0n) is 19.9. The van der Waals surface area contributed by atoms with Crippen LogP contribution in [0, 0.1) is 0 Å². The Morgan fingerprint density at radius 1 is 1.12 bits per heavy atom. The molecular weight excluding hydrogens is 428 g/mol. The van der Waals surface area contributed by atoms with Gasteiger partial charge in [0.1, 0.15) is 5.69 Å². The minimum atomic E-state index is -0.0865. The van der Waals surface area contributed by atoms with E-state index in [1.807, 2.05) is 29.1 Å². The zero-order chi connectivity index (χ0) is 23.1. The highest BCUT2D eigenvalue weighted by molar-refractivity contribution is 6.05. The average molecular weight is 463 g/mol. The number of carbonyl (C=O) groups is 1. The normalized spacial score (nSPS) is 25.7. The van der Waals surface area contributed by atoms with Crippen LogP contribution in [0.1, 0.15) is 55.4 Å². The number of nitrogens with zero attached hydrogens (tertiary/aromatic N) is 6. The van der Waals surface area contributed by atoms with E-state index in [0.717, 1.165) is 48.1 Å². The summed E-state index contributed by atoms with van der Waals surface area (Å²) in [7, 11) is 2.21. The number of aromatic amines is 1.